The molecule has 0 aromatic heterocycles. The molecule has 132 valence electrons. The molecule has 1 aromatic rings. The lowest BCUT2D eigenvalue weighted by Crippen LogP contribution is -2.49. The van der Waals surface area contributed by atoms with Crippen molar-refractivity contribution in [2.45, 2.75) is 25.1 Å². The number of urea groups is 1. The smallest absolute Gasteiger partial charge is 0.376 e. The van der Waals surface area contributed by atoms with Crippen LogP contribution in [0.1, 0.15) is 18.4 Å². The summed E-state index contributed by atoms with van der Waals surface area (Å²) in [6.45, 7) is 0.301. The van der Waals surface area contributed by atoms with Crippen molar-refractivity contribution in [3.63, 3.8) is 0 Å². The van der Waals surface area contributed by atoms with E-state index in [0.29, 0.717) is 25.1 Å². The van der Waals surface area contributed by atoms with Crippen LogP contribution in [0.4, 0.5) is 29.3 Å². The summed E-state index contributed by atoms with van der Waals surface area (Å²) in [5.74, 6) is -0.0822. The number of amides is 3. The highest BCUT2D eigenvalue weighted by Crippen LogP contribution is 2.34. The number of benzene rings is 1. The lowest BCUT2D eigenvalue weighted by molar-refractivity contribution is -0.137. The third-order valence-corrected chi connectivity index (χ3v) is 3.65. The van der Waals surface area contributed by atoms with Gasteiger partial charge in [-0.15, -0.1) is 0 Å². The van der Waals surface area contributed by atoms with Crippen LogP contribution >= 0.6 is 0 Å². The van der Waals surface area contributed by atoms with E-state index in [1.807, 2.05) is 0 Å². The number of nitrogens with zero attached hydrogens (tertiary/aromatic N) is 1. The van der Waals surface area contributed by atoms with Crippen LogP contribution in [0.5, 0.6) is 0 Å². The summed E-state index contributed by atoms with van der Waals surface area (Å²) < 4.78 is 38.6. The van der Waals surface area contributed by atoms with Crippen molar-refractivity contribution in [2.75, 3.05) is 30.9 Å². The predicted octanol–water partition coefficient (Wildman–Crippen LogP) is 2.17. The molecule has 1 fully saturated rings. The number of piperidine rings is 1. The molecule has 1 atom stereocenters. The summed E-state index contributed by atoms with van der Waals surface area (Å²) >= 11 is 0. The van der Waals surface area contributed by atoms with E-state index in [0.717, 1.165) is 12.1 Å². The maximum absolute atomic E-state index is 12.9. The number of rotatable bonds is 3. The third-order valence-electron chi connectivity index (χ3n) is 3.65. The third kappa shape index (κ3) is 4.53. The number of alkyl halides is 3. The molecule has 0 bridgehead atoms. The Hall–Kier alpha value is -2.45. The van der Waals surface area contributed by atoms with Gasteiger partial charge in [0.05, 0.1) is 16.9 Å². The van der Waals surface area contributed by atoms with Crippen molar-refractivity contribution in [1.29, 1.82) is 0 Å². The minimum atomic E-state index is -4.49. The Morgan fingerprint density at radius 2 is 2.04 bits per heavy atom. The second kappa shape index (κ2) is 6.98. The predicted molar refractivity (Wildman–Crippen MR) is 84.0 cm³/mol. The molecule has 0 aliphatic carbocycles. The first kappa shape index (κ1) is 17.9. The van der Waals surface area contributed by atoms with Gasteiger partial charge in [-0.1, -0.05) is 0 Å². The van der Waals surface area contributed by atoms with E-state index >= 15 is 0 Å². The molecule has 1 aliphatic rings. The van der Waals surface area contributed by atoms with Gasteiger partial charge in [-0.2, -0.15) is 13.2 Å². The fourth-order valence-corrected chi connectivity index (χ4v) is 2.40. The van der Waals surface area contributed by atoms with Gasteiger partial charge in [0, 0.05) is 33.1 Å². The normalized spacial score (nSPS) is 17.9. The van der Waals surface area contributed by atoms with Gasteiger partial charge < -0.3 is 20.9 Å². The van der Waals surface area contributed by atoms with E-state index < -0.39 is 17.8 Å². The number of nitrogens with one attached hydrogen (secondary N) is 3. The summed E-state index contributed by atoms with van der Waals surface area (Å²) in [5, 5.41) is 7.73. The quantitative estimate of drug-likeness (QED) is 0.787. The minimum Gasteiger partial charge on any atom is -0.376 e. The average Bonchev–Trinajstić information content (AvgIpc) is 2.48. The van der Waals surface area contributed by atoms with E-state index in [9.17, 15) is 22.8 Å². The minimum absolute atomic E-state index is 0.0622. The number of anilines is 2. The van der Waals surface area contributed by atoms with Crippen molar-refractivity contribution in [1.82, 2.24) is 10.6 Å². The monoisotopic (exact) mass is 344 g/mol. The summed E-state index contributed by atoms with van der Waals surface area (Å²) in [6, 6.07) is 2.31. The maximum atomic E-state index is 12.9. The van der Waals surface area contributed by atoms with Crippen molar-refractivity contribution in [3.8, 4) is 0 Å². The van der Waals surface area contributed by atoms with Gasteiger partial charge in [-0.05, 0) is 24.6 Å². The Morgan fingerprint density at radius 3 is 2.58 bits per heavy atom. The number of hydrogen-bond acceptors (Lipinski definition) is 3. The Kier molecular flexibility index (Phi) is 5.20. The van der Waals surface area contributed by atoms with E-state index in [1.165, 1.54) is 6.07 Å². The molecule has 3 amide bonds. The second-order valence-electron chi connectivity index (χ2n) is 5.76. The standard InChI is InChI=1S/C15H19F3N4O2/c1-22(2)12-5-3-9(15(16,17)18)7-11(12)21-14(24)20-10-4-6-13(23)19-8-10/h3,5,7,10H,4,6,8H2,1-2H3,(H,19,23)(H2,20,21,24). The van der Waals surface area contributed by atoms with Crippen LogP contribution in [-0.2, 0) is 11.0 Å². The van der Waals surface area contributed by atoms with E-state index in [1.54, 1.807) is 19.0 Å². The number of hydrogen-bond donors (Lipinski definition) is 3. The molecule has 1 aliphatic heterocycles. The summed E-state index contributed by atoms with van der Waals surface area (Å²) in [6.07, 6.45) is -3.70. The fraction of sp³-hybridized carbons (Fsp3) is 0.467. The van der Waals surface area contributed by atoms with Crippen LogP contribution in [-0.4, -0.2) is 38.6 Å². The zero-order valence-corrected chi connectivity index (χ0v) is 13.3. The first-order valence-corrected chi connectivity index (χ1v) is 7.39. The van der Waals surface area contributed by atoms with E-state index in [4.69, 9.17) is 0 Å². The molecule has 0 spiro atoms. The second-order valence-corrected chi connectivity index (χ2v) is 5.76. The molecular weight excluding hydrogens is 325 g/mol. The molecule has 9 heteroatoms. The van der Waals surface area contributed by atoms with Gasteiger partial charge in [0.1, 0.15) is 0 Å². The van der Waals surface area contributed by atoms with Gasteiger partial charge in [0.25, 0.3) is 0 Å². The zero-order chi connectivity index (χ0) is 17.9. The molecule has 2 rings (SSSR count). The topological polar surface area (TPSA) is 73.5 Å². The molecule has 1 aromatic carbocycles. The first-order chi connectivity index (χ1) is 11.2. The van der Waals surface area contributed by atoms with E-state index in [-0.39, 0.29) is 17.6 Å². The van der Waals surface area contributed by atoms with Crippen LogP contribution in [0.3, 0.4) is 0 Å². The number of carbonyl (C=O) groups excluding carboxylic acids is 2. The molecule has 0 radical (unpaired) electrons. The van der Waals surface area contributed by atoms with Gasteiger partial charge in [-0.25, -0.2) is 4.79 Å². The van der Waals surface area contributed by atoms with Gasteiger partial charge >= 0.3 is 12.2 Å². The van der Waals surface area contributed by atoms with Gasteiger partial charge in [0.15, 0.2) is 0 Å². The number of halogens is 3. The van der Waals surface area contributed by atoms with Crippen LogP contribution in [0.15, 0.2) is 18.2 Å². The lowest BCUT2D eigenvalue weighted by Gasteiger charge is -2.24. The lowest BCUT2D eigenvalue weighted by atomic mass is 10.1. The van der Waals surface area contributed by atoms with Crippen LogP contribution in [0, 0.1) is 0 Å². The summed E-state index contributed by atoms with van der Waals surface area (Å²) in [4.78, 5) is 24.8. The van der Waals surface area contributed by atoms with Crippen LogP contribution in [0.25, 0.3) is 0 Å². The Balaban J connectivity index is 2.11. The van der Waals surface area contributed by atoms with Crippen molar-refractivity contribution in [2.24, 2.45) is 0 Å². The first-order valence-electron chi connectivity index (χ1n) is 7.39. The van der Waals surface area contributed by atoms with Gasteiger partial charge in [-0.3, -0.25) is 4.79 Å². The molecule has 1 unspecified atom stereocenters. The molecular formula is C15H19F3N4O2. The highest BCUT2D eigenvalue weighted by atomic mass is 19.4. The van der Waals surface area contributed by atoms with Crippen molar-refractivity contribution >= 4 is 23.3 Å². The number of carbonyl (C=O) groups is 2. The Bertz CT molecular complexity index is 622. The van der Waals surface area contributed by atoms with Crippen LogP contribution in [0.2, 0.25) is 0 Å². The van der Waals surface area contributed by atoms with Crippen molar-refractivity contribution < 1.29 is 22.8 Å². The molecule has 1 saturated heterocycles. The largest absolute Gasteiger partial charge is 0.416 e. The zero-order valence-electron chi connectivity index (χ0n) is 13.3. The highest BCUT2D eigenvalue weighted by molar-refractivity contribution is 5.93. The van der Waals surface area contributed by atoms with Crippen LogP contribution < -0.4 is 20.9 Å². The molecule has 1 heterocycles. The summed E-state index contributed by atoms with van der Waals surface area (Å²) in [5.41, 5.74) is -0.324. The van der Waals surface area contributed by atoms with E-state index in [2.05, 4.69) is 16.0 Å². The fourth-order valence-electron chi connectivity index (χ4n) is 2.40. The molecule has 0 saturated carbocycles. The van der Waals surface area contributed by atoms with Gasteiger partial charge in [0.2, 0.25) is 5.91 Å². The Morgan fingerprint density at radius 1 is 1.33 bits per heavy atom. The highest BCUT2D eigenvalue weighted by Gasteiger charge is 2.31. The average molecular weight is 344 g/mol. The Labute approximate surface area is 137 Å². The molecule has 3 N–H and O–H groups in total. The molecule has 24 heavy (non-hydrogen) atoms. The van der Waals surface area contributed by atoms with Crippen molar-refractivity contribution in [3.05, 3.63) is 23.8 Å². The SMILES string of the molecule is CN(C)c1ccc(C(F)(F)F)cc1NC(=O)NC1CCC(=O)NC1. The summed E-state index contributed by atoms with van der Waals surface area (Å²) in [7, 11) is 3.34. The molecule has 6 nitrogen and oxygen atoms in total. The maximum Gasteiger partial charge on any atom is 0.416 e.